The molecular weight excluding hydrogens is 283 g/mol. The number of hydrogen-bond acceptors (Lipinski definition) is 6. The van der Waals surface area contributed by atoms with Gasteiger partial charge < -0.3 is 15.2 Å². The molecule has 0 saturated carbocycles. The smallest absolute Gasteiger partial charge is 0.325 e. The zero-order valence-electron chi connectivity index (χ0n) is 12.0. The highest BCUT2D eigenvalue weighted by molar-refractivity contribution is 5.79. The molecule has 7 nitrogen and oxygen atoms in total. The quantitative estimate of drug-likeness (QED) is 0.488. The van der Waals surface area contributed by atoms with Crippen LogP contribution < -0.4 is 10.5 Å². The van der Waals surface area contributed by atoms with Crippen molar-refractivity contribution in [1.82, 2.24) is 0 Å². The number of carbonyl (C=O) groups excluding carboxylic acids is 1. The van der Waals surface area contributed by atoms with Crippen LogP contribution in [0.2, 0.25) is 0 Å². The summed E-state index contributed by atoms with van der Waals surface area (Å²) in [6.45, 7) is 2.97. The lowest BCUT2D eigenvalue weighted by atomic mass is 9.96. The summed E-state index contributed by atoms with van der Waals surface area (Å²) >= 11 is 0. The summed E-state index contributed by atoms with van der Waals surface area (Å²) in [6.07, 6.45) is -0.722. The number of rotatable bonds is 6. The fourth-order valence-electron chi connectivity index (χ4n) is 1.91. The summed E-state index contributed by atoms with van der Waals surface area (Å²) in [6, 6.07) is 3.40. The van der Waals surface area contributed by atoms with Crippen molar-refractivity contribution in [3.05, 3.63) is 34.1 Å². The minimum Gasteiger partial charge on any atom is -0.482 e. The van der Waals surface area contributed by atoms with Gasteiger partial charge in [-0.2, -0.15) is 0 Å². The summed E-state index contributed by atoms with van der Waals surface area (Å²) in [7, 11) is 1.20. The van der Waals surface area contributed by atoms with E-state index in [4.69, 9.17) is 10.5 Å². The predicted molar refractivity (Wildman–Crippen MR) is 72.4 cm³/mol. The molecule has 2 atom stereocenters. The molecule has 1 aromatic rings. The maximum atomic E-state index is 13.7. The number of nitro benzene ring substituents is 1. The van der Waals surface area contributed by atoms with E-state index in [0.717, 1.165) is 12.1 Å². The van der Waals surface area contributed by atoms with Gasteiger partial charge in [-0.05, 0) is 19.9 Å². The molecule has 2 N–H and O–H groups in total. The van der Waals surface area contributed by atoms with Gasteiger partial charge in [0.15, 0.2) is 5.82 Å². The zero-order chi connectivity index (χ0) is 16.2. The molecule has 0 bridgehead atoms. The number of nitrogens with two attached hydrogens (primary N) is 1. The molecular formula is C13H17FN2O5. The third-order valence-electron chi connectivity index (χ3n) is 2.83. The Kier molecular flexibility index (Phi) is 5.20. The number of benzene rings is 1. The number of halogens is 1. The van der Waals surface area contributed by atoms with E-state index in [1.54, 1.807) is 0 Å². The van der Waals surface area contributed by atoms with Gasteiger partial charge in [-0.1, -0.05) is 6.07 Å². The van der Waals surface area contributed by atoms with Crippen LogP contribution in [0.25, 0.3) is 0 Å². The fourth-order valence-corrected chi connectivity index (χ4v) is 1.91. The highest BCUT2D eigenvalue weighted by Crippen LogP contribution is 2.31. The molecule has 116 valence electrons. The van der Waals surface area contributed by atoms with Gasteiger partial charge in [0.05, 0.1) is 18.1 Å². The maximum absolute atomic E-state index is 13.7. The molecule has 21 heavy (non-hydrogen) atoms. The molecule has 0 amide bonds. The molecule has 0 heterocycles. The van der Waals surface area contributed by atoms with Gasteiger partial charge in [-0.25, -0.2) is 4.39 Å². The number of esters is 1. The third kappa shape index (κ3) is 4.12. The van der Waals surface area contributed by atoms with E-state index in [1.165, 1.54) is 27.0 Å². The minimum atomic E-state index is -1.34. The molecule has 0 saturated heterocycles. The van der Waals surface area contributed by atoms with Gasteiger partial charge >= 0.3 is 11.7 Å². The first-order valence-corrected chi connectivity index (χ1v) is 6.16. The van der Waals surface area contributed by atoms with E-state index >= 15 is 0 Å². The number of methoxy groups -OCH3 is 1. The third-order valence-corrected chi connectivity index (χ3v) is 2.83. The van der Waals surface area contributed by atoms with Gasteiger partial charge in [0.2, 0.25) is 5.75 Å². The van der Waals surface area contributed by atoms with E-state index in [2.05, 4.69) is 4.74 Å². The first kappa shape index (κ1) is 16.8. The van der Waals surface area contributed by atoms with Crippen LogP contribution in [0, 0.1) is 15.9 Å². The molecule has 1 rings (SSSR count). The lowest BCUT2D eigenvalue weighted by molar-refractivity contribution is -0.386. The Morgan fingerprint density at radius 1 is 1.57 bits per heavy atom. The fraction of sp³-hybridized carbons (Fsp3) is 0.462. The van der Waals surface area contributed by atoms with Crippen LogP contribution in [0.3, 0.4) is 0 Å². The van der Waals surface area contributed by atoms with Crippen LogP contribution in [0.5, 0.6) is 5.75 Å². The van der Waals surface area contributed by atoms with Crippen LogP contribution in [-0.2, 0) is 9.53 Å². The standard InChI is InChI=1S/C13H17FN2O5/c1-8(7-13(2,15)12(17)20-3)21-11-9(14)5-4-6-10(11)16(18)19/h4-6,8H,7,15H2,1-3H3. The van der Waals surface area contributed by atoms with E-state index < -0.39 is 39.8 Å². The number of ether oxygens (including phenoxy) is 2. The number of nitrogens with zero attached hydrogens (tertiary/aromatic N) is 1. The number of hydrogen-bond donors (Lipinski definition) is 1. The average Bonchev–Trinajstić information content (AvgIpc) is 2.39. The monoisotopic (exact) mass is 300 g/mol. The molecule has 8 heteroatoms. The van der Waals surface area contributed by atoms with Crippen LogP contribution in [-0.4, -0.2) is 29.6 Å². The Labute approximate surface area is 121 Å². The molecule has 0 fully saturated rings. The molecule has 0 aliphatic heterocycles. The normalized spacial score (nSPS) is 14.9. The van der Waals surface area contributed by atoms with Crippen LogP contribution in [0.1, 0.15) is 20.3 Å². The van der Waals surface area contributed by atoms with E-state index in [9.17, 15) is 19.3 Å². The second-order valence-electron chi connectivity index (χ2n) is 4.89. The van der Waals surface area contributed by atoms with Crippen molar-refractivity contribution in [1.29, 1.82) is 0 Å². The molecule has 2 unspecified atom stereocenters. The van der Waals surface area contributed by atoms with E-state index in [-0.39, 0.29) is 6.42 Å². The summed E-state index contributed by atoms with van der Waals surface area (Å²) in [5.41, 5.74) is 3.95. The summed E-state index contributed by atoms with van der Waals surface area (Å²) in [4.78, 5) is 21.6. The van der Waals surface area contributed by atoms with Crippen molar-refractivity contribution >= 4 is 11.7 Å². The molecule has 0 aliphatic carbocycles. The Hall–Kier alpha value is -2.22. The van der Waals surface area contributed by atoms with Crippen molar-refractivity contribution in [2.45, 2.75) is 31.9 Å². The van der Waals surface area contributed by atoms with Crippen molar-refractivity contribution in [3.63, 3.8) is 0 Å². The number of para-hydroxylation sites is 1. The summed E-state index contributed by atoms with van der Waals surface area (Å²) in [5, 5.41) is 10.9. The highest BCUT2D eigenvalue weighted by atomic mass is 19.1. The predicted octanol–water partition coefficient (Wildman–Crippen LogP) is 1.78. The van der Waals surface area contributed by atoms with E-state index in [1.807, 2.05) is 0 Å². The second-order valence-corrected chi connectivity index (χ2v) is 4.89. The Balaban J connectivity index is 2.92. The lowest BCUT2D eigenvalue weighted by Crippen LogP contribution is -2.48. The van der Waals surface area contributed by atoms with Crippen LogP contribution in [0.15, 0.2) is 18.2 Å². The first-order chi connectivity index (χ1) is 9.69. The second kappa shape index (κ2) is 6.49. The number of carbonyl (C=O) groups is 1. The molecule has 0 aromatic heterocycles. The summed E-state index contributed by atoms with van der Waals surface area (Å²) < 4.78 is 23.5. The molecule has 1 aromatic carbocycles. The van der Waals surface area contributed by atoms with Gasteiger partial charge in [-0.15, -0.1) is 0 Å². The molecule has 0 aliphatic rings. The van der Waals surface area contributed by atoms with Crippen molar-refractivity contribution in [2.75, 3.05) is 7.11 Å². The van der Waals surface area contributed by atoms with Crippen LogP contribution in [0.4, 0.5) is 10.1 Å². The lowest BCUT2D eigenvalue weighted by Gasteiger charge is -2.25. The maximum Gasteiger partial charge on any atom is 0.325 e. The largest absolute Gasteiger partial charge is 0.482 e. The van der Waals surface area contributed by atoms with Crippen molar-refractivity contribution in [3.8, 4) is 5.75 Å². The zero-order valence-corrected chi connectivity index (χ0v) is 12.0. The molecule has 0 spiro atoms. The van der Waals surface area contributed by atoms with Crippen LogP contribution >= 0.6 is 0 Å². The number of nitro groups is 1. The Morgan fingerprint density at radius 2 is 2.19 bits per heavy atom. The minimum absolute atomic E-state index is 0.00512. The molecule has 0 radical (unpaired) electrons. The topological polar surface area (TPSA) is 105 Å². The van der Waals surface area contributed by atoms with Crippen molar-refractivity contribution < 1.29 is 23.6 Å². The SMILES string of the molecule is COC(=O)C(C)(N)CC(C)Oc1c(F)cccc1[N+](=O)[O-]. The first-order valence-electron chi connectivity index (χ1n) is 6.16. The highest BCUT2D eigenvalue weighted by Gasteiger charge is 2.33. The Bertz CT molecular complexity index is 547. The van der Waals surface area contributed by atoms with E-state index in [0.29, 0.717) is 0 Å². The Morgan fingerprint density at radius 3 is 2.71 bits per heavy atom. The van der Waals surface area contributed by atoms with Gasteiger partial charge in [0.25, 0.3) is 0 Å². The van der Waals surface area contributed by atoms with Crippen molar-refractivity contribution in [2.24, 2.45) is 5.73 Å². The summed E-state index contributed by atoms with van der Waals surface area (Å²) in [5.74, 6) is -1.98. The average molecular weight is 300 g/mol. The van der Waals surface area contributed by atoms with Gasteiger partial charge in [-0.3, -0.25) is 14.9 Å². The van der Waals surface area contributed by atoms with Gasteiger partial charge in [0, 0.05) is 12.5 Å². The van der Waals surface area contributed by atoms with Gasteiger partial charge in [0.1, 0.15) is 5.54 Å².